The quantitative estimate of drug-likeness (QED) is 0.563. The van der Waals surface area contributed by atoms with Gasteiger partial charge in [-0.15, -0.1) is 0 Å². The average molecular weight is 411 g/mol. The van der Waals surface area contributed by atoms with Gasteiger partial charge in [-0.25, -0.2) is 9.78 Å². The fourth-order valence-corrected chi connectivity index (χ4v) is 3.44. The van der Waals surface area contributed by atoms with E-state index in [2.05, 4.69) is 15.6 Å². The van der Waals surface area contributed by atoms with Crippen LogP contribution in [0.3, 0.4) is 0 Å². The number of amides is 3. The zero-order chi connectivity index (χ0) is 20.1. The van der Waals surface area contributed by atoms with Gasteiger partial charge in [-0.05, 0) is 38.0 Å². The van der Waals surface area contributed by atoms with Crippen molar-refractivity contribution in [1.82, 2.24) is 20.2 Å². The van der Waals surface area contributed by atoms with Crippen molar-refractivity contribution in [3.8, 4) is 0 Å². The van der Waals surface area contributed by atoms with Gasteiger partial charge in [0.05, 0.1) is 16.7 Å². The number of hydrogen-bond donors (Lipinski definition) is 2. The molecule has 2 rings (SSSR count). The maximum absolute atomic E-state index is 12.8. The van der Waals surface area contributed by atoms with Crippen molar-refractivity contribution >= 4 is 46.2 Å². The monoisotopic (exact) mass is 410 g/mol. The molecule has 0 aliphatic carbocycles. The number of fused-ring (bicyclic) bond motifs is 1. The first-order chi connectivity index (χ1) is 12.7. The van der Waals surface area contributed by atoms with Crippen LogP contribution in [-0.2, 0) is 4.79 Å². The van der Waals surface area contributed by atoms with Gasteiger partial charge >= 0.3 is 6.03 Å². The molecule has 2 N–H and O–H groups in total. The Balaban J connectivity index is 2.18. The molecule has 0 unspecified atom stereocenters. The molecule has 3 amide bonds. The summed E-state index contributed by atoms with van der Waals surface area (Å²) >= 11 is 7.10. The first-order valence-corrected chi connectivity index (χ1v) is 9.97. The Morgan fingerprint density at radius 3 is 2.59 bits per heavy atom. The van der Waals surface area contributed by atoms with Gasteiger partial charge < -0.3 is 5.32 Å². The minimum Gasteiger partial charge on any atom is -0.338 e. The van der Waals surface area contributed by atoms with Crippen molar-refractivity contribution in [2.75, 3.05) is 12.3 Å². The highest BCUT2D eigenvalue weighted by molar-refractivity contribution is 7.99. The summed E-state index contributed by atoms with van der Waals surface area (Å²) in [4.78, 5) is 41.0. The molecule has 27 heavy (non-hydrogen) atoms. The van der Waals surface area contributed by atoms with E-state index in [1.54, 1.807) is 18.2 Å². The Hall–Kier alpha value is -2.06. The topological polar surface area (TPSA) is 93.1 Å². The third kappa shape index (κ3) is 5.71. The van der Waals surface area contributed by atoms with E-state index in [1.165, 1.54) is 4.57 Å². The fourth-order valence-electron chi connectivity index (χ4n) is 2.34. The number of aromatic nitrogens is 2. The largest absolute Gasteiger partial charge is 0.338 e. The van der Waals surface area contributed by atoms with E-state index < -0.39 is 11.9 Å². The standard InChI is InChI=1S/C18H23ClN4O3S/c1-10(2)8-20-17(26)22-15(24)9-27-18-21-14-7-12(19)5-6-13(14)16(25)23(18)11(3)4/h5-7,10-11H,8-9H2,1-4H3,(H2,20,22,24,26). The molecule has 0 bridgehead atoms. The first-order valence-electron chi connectivity index (χ1n) is 8.61. The van der Waals surface area contributed by atoms with Gasteiger partial charge in [0.1, 0.15) is 0 Å². The van der Waals surface area contributed by atoms with Gasteiger partial charge in [0.15, 0.2) is 5.16 Å². The predicted octanol–water partition coefficient (Wildman–Crippen LogP) is 3.20. The van der Waals surface area contributed by atoms with Crippen LogP contribution in [0.15, 0.2) is 28.2 Å². The van der Waals surface area contributed by atoms with Crippen LogP contribution in [-0.4, -0.2) is 33.8 Å². The number of hydrogen-bond acceptors (Lipinski definition) is 5. The molecule has 0 aliphatic rings. The number of carbonyl (C=O) groups is 2. The molecule has 1 aromatic heterocycles. The number of benzene rings is 1. The minimum atomic E-state index is -0.534. The molecule has 0 saturated heterocycles. The third-order valence-electron chi connectivity index (χ3n) is 3.60. The van der Waals surface area contributed by atoms with Crippen molar-refractivity contribution in [2.45, 2.75) is 38.9 Å². The maximum atomic E-state index is 12.8. The molecule has 0 radical (unpaired) electrons. The Labute approximate surface area is 166 Å². The van der Waals surface area contributed by atoms with E-state index in [-0.39, 0.29) is 23.3 Å². The Morgan fingerprint density at radius 1 is 1.26 bits per heavy atom. The van der Waals surface area contributed by atoms with Crippen LogP contribution in [0.2, 0.25) is 5.02 Å². The van der Waals surface area contributed by atoms with E-state index in [1.807, 2.05) is 27.7 Å². The highest BCUT2D eigenvalue weighted by atomic mass is 35.5. The Bertz CT molecular complexity index is 911. The lowest BCUT2D eigenvalue weighted by Crippen LogP contribution is -2.41. The molecule has 0 fully saturated rings. The Kier molecular flexibility index (Phi) is 7.26. The SMILES string of the molecule is CC(C)CNC(=O)NC(=O)CSc1nc2cc(Cl)ccc2c(=O)n1C(C)C. The highest BCUT2D eigenvalue weighted by Crippen LogP contribution is 2.22. The molecule has 1 heterocycles. The molecule has 0 saturated carbocycles. The maximum Gasteiger partial charge on any atom is 0.321 e. The number of thioether (sulfide) groups is 1. The van der Waals surface area contributed by atoms with E-state index in [0.717, 1.165) is 11.8 Å². The first kappa shape index (κ1) is 21.2. The van der Waals surface area contributed by atoms with Crippen LogP contribution in [0, 0.1) is 5.92 Å². The number of halogens is 1. The minimum absolute atomic E-state index is 0.0413. The van der Waals surface area contributed by atoms with Gasteiger partial charge in [0, 0.05) is 17.6 Å². The normalized spacial score (nSPS) is 11.2. The summed E-state index contributed by atoms with van der Waals surface area (Å²) in [6.07, 6.45) is 0. The van der Waals surface area contributed by atoms with Crippen LogP contribution in [0.25, 0.3) is 10.9 Å². The van der Waals surface area contributed by atoms with Crippen LogP contribution < -0.4 is 16.2 Å². The lowest BCUT2D eigenvalue weighted by atomic mass is 10.2. The summed E-state index contributed by atoms with van der Waals surface area (Å²) in [7, 11) is 0. The van der Waals surface area contributed by atoms with Gasteiger partial charge in [0.2, 0.25) is 5.91 Å². The van der Waals surface area contributed by atoms with Crippen molar-refractivity contribution < 1.29 is 9.59 Å². The van der Waals surface area contributed by atoms with Crippen molar-refractivity contribution in [1.29, 1.82) is 0 Å². The summed E-state index contributed by atoms with van der Waals surface area (Å²) in [5.41, 5.74) is 0.284. The van der Waals surface area contributed by atoms with Crippen LogP contribution in [0.5, 0.6) is 0 Å². The molecule has 0 atom stereocenters. The molecule has 0 aliphatic heterocycles. The molecular formula is C18H23ClN4O3S. The van der Waals surface area contributed by atoms with Gasteiger partial charge in [-0.3, -0.25) is 19.5 Å². The second-order valence-electron chi connectivity index (χ2n) is 6.77. The van der Waals surface area contributed by atoms with E-state index in [0.29, 0.717) is 27.6 Å². The van der Waals surface area contributed by atoms with E-state index in [9.17, 15) is 14.4 Å². The zero-order valence-corrected chi connectivity index (χ0v) is 17.3. The van der Waals surface area contributed by atoms with Crippen LogP contribution in [0.1, 0.15) is 33.7 Å². The molecule has 7 nitrogen and oxygen atoms in total. The third-order valence-corrected chi connectivity index (χ3v) is 4.79. The molecule has 0 spiro atoms. The lowest BCUT2D eigenvalue weighted by Gasteiger charge is -2.16. The van der Waals surface area contributed by atoms with Crippen molar-refractivity contribution in [3.63, 3.8) is 0 Å². The predicted molar refractivity (Wildman–Crippen MR) is 109 cm³/mol. The average Bonchev–Trinajstić information content (AvgIpc) is 2.57. The number of nitrogens with one attached hydrogen (secondary N) is 2. The molecule has 2 aromatic rings. The smallest absolute Gasteiger partial charge is 0.321 e. The number of imide groups is 1. The van der Waals surface area contributed by atoms with Gasteiger partial charge in [-0.2, -0.15) is 0 Å². The summed E-state index contributed by atoms with van der Waals surface area (Å²) in [5, 5.41) is 6.24. The second-order valence-corrected chi connectivity index (χ2v) is 8.14. The van der Waals surface area contributed by atoms with Gasteiger partial charge in [-0.1, -0.05) is 37.2 Å². The molecule has 146 valence electrons. The van der Waals surface area contributed by atoms with Crippen molar-refractivity contribution in [3.05, 3.63) is 33.6 Å². The summed E-state index contributed by atoms with van der Waals surface area (Å²) in [6, 6.07) is 4.24. The lowest BCUT2D eigenvalue weighted by molar-refractivity contribution is -0.117. The molecular weight excluding hydrogens is 388 g/mol. The molecule has 9 heteroatoms. The van der Waals surface area contributed by atoms with Crippen LogP contribution >= 0.6 is 23.4 Å². The fraction of sp³-hybridized carbons (Fsp3) is 0.444. The Morgan fingerprint density at radius 2 is 1.96 bits per heavy atom. The summed E-state index contributed by atoms with van der Waals surface area (Å²) < 4.78 is 1.53. The molecule has 1 aromatic carbocycles. The van der Waals surface area contributed by atoms with E-state index in [4.69, 9.17) is 11.6 Å². The van der Waals surface area contributed by atoms with Gasteiger partial charge in [0.25, 0.3) is 5.56 Å². The summed E-state index contributed by atoms with van der Waals surface area (Å²) in [6.45, 7) is 8.14. The second kappa shape index (κ2) is 9.23. The highest BCUT2D eigenvalue weighted by Gasteiger charge is 2.16. The zero-order valence-electron chi connectivity index (χ0n) is 15.7. The van der Waals surface area contributed by atoms with Crippen LogP contribution in [0.4, 0.5) is 4.79 Å². The number of carbonyl (C=O) groups excluding carboxylic acids is 2. The number of rotatable bonds is 6. The number of nitrogens with zero attached hydrogens (tertiary/aromatic N) is 2. The van der Waals surface area contributed by atoms with Crippen molar-refractivity contribution in [2.24, 2.45) is 5.92 Å². The number of urea groups is 1. The summed E-state index contributed by atoms with van der Waals surface area (Å²) in [5.74, 6) is -0.216. The van der Waals surface area contributed by atoms with E-state index >= 15 is 0 Å².